The van der Waals surface area contributed by atoms with Crippen LogP contribution in [0.3, 0.4) is 0 Å². The van der Waals surface area contributed by atoms with Gasteiger partial charge in [-0.05, 0) is 24.7 Å². The van der Waals surface area contributed by atoms with Crippen LogP contribution in [0.1, 0.15) is 64.1 Å². The van der Waals surface area contributed by atoms with E-state index in [9.17, 15) is 0 Å². The molecule has 18 heavy (non-hydrogen) atoms. The van der Waals surface area contributed by atoms with Gasteiger partial charge in [-0.2, -0.15) is 0 Å². The average molecular weight is 266 g/mol. The Morgan fingerprint density at radius 1 is 1.39 bits per heavy atom. The summed E-state index contributed by atoms with van der Waals surface area (Å²) in [6.07, 6.45) is 5.54. The topological polar surface area (TPSA) is 24.9 Å². The molecule has 1 aromatic rings. The summed E-state index contributed by atoms with van der Waals surface area (Å²) in [5.74, 6) is 0. The Labute approximate surface area is 115 Å². The molecule has 1 N–H and O–H groups in total. The molecule has 0 amide bonds. The maximum Gasteiger partial charge on any atom is 0.107 e. The van der Waals surface area contributed by atoms with E-state index < -0.39 is 0 Å². The SMILES string of the molecule is CCC1(CNCc2nc(C(C)(C)C)cs2)CCC1. The fraction of sp³-hybridized carbons (Fsp3) is 0.800. The van der Waals surface area contributed by atoms with Gasteiger partial charge in [-0.15, -0.1) is 11.3 Å². The van der Waals surface area contributed by atoms with Crippen molar-refractivity contribution >= 4 is 11.3 Å². The molecular weight excluding hydrogens is 240 g/mol. The van der Waals surface area contributed by atoms with E-state index >= 15 is 0 Å². The number of aromatic nitrogens is 1. The van der Waals surface area contributed by atoms with Crippen LogP contribution in [0.2, 0.25) is 0 Å². The zero-order valence-corrected chi connectivity index (χ0v) is 13.0. The van der Waals surface area contributed by atoms with Crippen molar-refractivity contribution in [1.29, 1.82) is 0 Å². The molecule has 3 heteroatoms. The van der Waals surface area contributed by atoms with Crippen LogP contribution in [0.15, 0.2) is 5.38 Å². The van der Waals surface area contributed by atoms with Crippen LogP contribution in [0.25, 0.3) is 0 Å². The van der Waals surface area contributed by atoms with Crippen LogP contribution in [0.4, 0.5) is 0 Å². The Balaban J connectivity index is 1.82. The lowest BCUT2D eigenvalue weighted by Crippen LogP contribution is -2.39. The maximum absolute atomic E-state index is 4.73. The average Bonchev–Trinajstić information content (AvgIpc) is 2.70. The Bertz CT molecular complexity index is 380. The molecule has 0 radical (unpaired) electrons. The summed E-state index contributed by atoms with van der Waals surface area (Å²) >= 11 is 1.79. The second kappa shape index (κ2) is 5.30. The molecule has 102 valence electrons. The van der Waals surface area contributed by atoms with Crippen LogP contribution in [-0.4, -0.2) is 11.5 Å². The normalized spacial score (nSPS) is 18.7. The smallest absolute Gasteiger partial charge is 0.107 e. The first-order valence-electron chi connectivity index (χ1n) is 7.11. The van der Waals surface area contributed by atoms with E-state index in [0.29, 0.717) is 5.41 Å². The van der Waals surface area contributed by atoms with Crippen molar-refractivity contribution in [3.05, 3.63) is 16.1 Å². The summed E-state index contributed by atoms with van der Waals surface area (Å²) in [4.78, 5) is 4.73. The molecule has 0 aliphatic heterocycles. The molecule has 0 spiro atoms. The first kappa shape index (κ1) is 14.0. The Hall–Kier alpha value is -0.410. The van der Waals surface area contributed by atoms with E-state index in [1.54, 1.807) is 11.3 Å². The molecule has 1 aromatic heterocycles. The van der Waals surface area contributed by atoms with Gasteiger partial charge in [-0.1, -0.05) is 34.1 Å². The summed E-state index contributed by atoms with van der Waals surface area (Å²) in [6.45, 7) is 11.1. The van der Waals surface area contributed by atoms with E-state index in [0.717, 1.165) is 13.1 Å². The van der Waals surface area contributed by atoms with Gasteiger partial charge in [0.25, 0.3) is 0 Å². The number of rotatable bonds is 5. The van der Waals surface area contributed by atoms with Crippen LogP contribution in [-0.2, 0) is 12.0 Å². The molecule has 2 rings (SSSR count). The summed E-state index contributed by atoms with van der Waals surface area (Å²) in [7, 11) is 0. The molecule has 1 aliphatic carbocycles. The maximum atomic E-state index is 4.73. The predicted octanol–water partition coefficient (Wildman–Crippen LogP) is 4.11. The zero-order chi connectivity index (χ0) is 13.2. The summed E-state index contributed by atoms with van der Waals surface area (Å²) < 4.78 is 0. The number of nitrogens with one attached hydrogen (secondary N) is 1. The standard InChI is InChI=1S/C15H26N2S/c1-5-15(7-6-8-15)11-16-9-13-17-12(10-18-13)14(2,3)4/h10,16H,5-9,11H2,1-4H3. The Morgan fingerprint density at radius 3 is 2.56 bits per heavy atom. The zero-order valence-electron chi connectivity index (χ0n) is 12.2. The highest BCUT2D eigenvalue weighted by Gasteiger charge is 2.34. The lowest BCUT2D eigenvalue weighted by atomic mass is 9.67. The second-order valence-corrected chi connectivity index (χ2v) is 7.63. The molecule has 0 bridgehead atoms. The monoisotopic (exact) mass is 266 g/mol. The van der Waals surface area contributed by atoms with Crippen LogP contribution in [0, 0.1) is 5.41 Å². The van der Waals surface area contributed by atoms with E-state index in [-0.39, 0.29) is 5.41 Å². The van der Waals surface area contributed by atoms with E-state index in [2.05, 4.69) is 38.4 Å². The van der Waals surface area contributed by atoms with Gasteiger partial charge in [0.1, 0.15) is 5.01 Å². The largest absolute Gasteiger partial charge is 0.310 e. The van der Waals surface area contributed by atoms with Crippen molar-refractivity contribution in [3.8, 4) is 0 Å². The number of nitrogens with zero attached hydrogens (tertiary/aromatic N) is 1. The molecule has 0 unspecified atom stereocenters. The minimum absolute atomic E-state index is 0.174. The van der Waals surface area contributed by atoms with Crippen molar-refractivity contribution in [3.63, 3.8) is 0 Å². The minimum Gasteiger partial charge on any atom is -0.310 e. The predicted molar refractivity (Wildman–Crippen MR) is 79.1 cm³/mol. The van der Waals surface area contributed by atoms with Gasteiger partial charge in [0, 0.05) is 23.9 Å². The van der Waals surface area contributed by atoms with Crippen LogP contribution >= 0.6 is 11.3 Å². The number of thiazole rings is 1. The second-order valence-electron chi connectivity index (χ2n) is 6.69. The molecule has 0 aromatic carbocycles. The molecule has 1 aliphatic rings. The van der Waals surface area contributed by atoms with Crippen molar-refractivity contribution in [2.24, 2.45) is 5.41 Å². The molecular formula is C15H26N2S. The van der Waals surface area contributed by atoms with Gasteiger partial charge in [-0.25, -0.2) is 4.98 Å². The molecule has 2 nitrogen and oxygen atoms in total. The number of hydrogen-bond acceptors (Lipinski definition) is 3. The fourth-order valence-electron chi connectivity index (χ4n) is 2.50. The quantitative estimate of drug-likeness (QED) is 0.867. The van der Waals surface area contributed by atoms with Gasteiger partial charge in [0.15, 0.2) is 0 Å². The third kappa shape index (κ3) is 3.12. The van der Waals surface area contributed by atoms with Crippen molar-refractivity contribution in [2.45, 2.75) is 65.3 Å². The van der Waals surface area contributed by atoms with Crippen LogP contribution in [0.5, 0.6) is 0 Å². The van der Waals surface area contributed by atoms with E-state index in [1.165, 1.54) is 36.4 Å². The summed E-state index contributed by atoms with van der Waals surface area (Å²) in [5.41, 5.74) is 2.00. The van der Waals surface area contributed by atoms with E-state index in [1.807, 2.05) is 0 Å². The van der Waals surface area contributed by atoms with Crippen molar-refractivity contribution in [2.75, 3.05) is 6.54 Å². The minimum atomic E-state index is 0.174. The highest BCUT2D eigenvalue weighted by atomic mass is 32.1. The van der Waals surface area contributed by atoms with Crippen molar-refractivity contribution < 1.29 is 0 Å². The molecule has 1 fully saturated rings. The fourth-order valence-corrected chi connectivity index (χ4v) is 3.49. The summed E-state index contributed by atoms with van der Waals surface area (Å²) in [5, 5.41) is 7.04. The first-order chi connectivity index (χ1) is 8.45. The van der Waals surface area contributed by atoms with Gasteiger partial charge < -0.3 is 5.32 Å². The Kier molecular flexibility index (Phi) is 4.12. The van der Waals surface area contributed by atoms with Crippen molar-refractivity contribution in [1.82, 2.24) is 10.3 Å². The number of hydrogen-bond donors (Lipinski definition) is 1. The lowest BCUT2D eigenvalue weighted by molar-refractivity contribution is 0.124. The van der Waals surface area contributed by atoms with Gasteiger partial charge in [-0.3, -0.25) is 0 Å². The van der Waals surface area contributed by atoms with Gasteiger partial charge in [0.05, 0.1) is 5.69 Å². The third-order valence-corrected chi connectivity index (χ3v) is 5.11. The molecule has 0 saturated heterocycles. The molecule has 1 heterocycles. The van der Waals surface area contributed by atoms with Crippen LogP contribution < -0.4 is 5.32 Å². The van der Waals surface area contributed by atoms with Gasteiger partial charge in [0.2, 0.25) is 0 Å². The highest BCUT2D eigenvalue weighted by molar-refractivity contribution is 7.09. The third-order valence-electron chi connectivity index (χ3n) is 4.26. The molecule has 1 saturated carbocycles. The molecule has 0 atom stereocenters. The first-order valence-corrected chi connectivity index (χ1v) is 7.99. The Morgan fingerprint density at radius 2 is 2.11 bits per heavy atom. The van der Waals surface area contributed by atoms with Gasteiger partial charge >= 0.3 is 0 Å². The van der Waals surface area contributed by atoms with E-state index in [4.69, 9.17) is 4.98 Å². The lowest BCUT2D eigenvalue weighted by Gasteiger charge is -2.41. The highest BCUT2D eigenvalue weighted by Crippen LogP contribution is 2.43. The summed E-state index contributed by atoms with van der Waals surface area (Å²) in [6, 6.07) is 0.